The molecule has 12 nitrogen and oxygen atoms in total. The smallest absolute Gasteiger partial charge is 0.326 e. The van der Waals surface area contributed by atoms with Crippen molar-refractivity contribution in [3.05, 3.63) is 144 Å². The van der Waals surface area contributed by atoms with Crippen LogP contribution in [0.1, 0.15) is 29.2 Å². The number of fused-ring (bicyclic) bond motifs is 1. The molecule has 0 spiro atoms. The van der Waals surface area contributed by atoms with Gasteiger partial charge in [-0.3, -0.25) is 19.2 Å². The average Bonchev–Trinajstić information content (AvgIpc) is 3.57. The molecule has 0 bridgehead atoms. The van der Waals surface area contributed by atoms with Crippen molar-refractivity contribution in [2.75, 3.05) is 0 Å². The molecule has 0 aliphatic rings. The lowest BCUT2D eigenvalue weighted by Gasteiger charge is -2.26. The van der Waals surface area contributed by atoms with Gasteiger partial charge in [-0.15, -0.1) is 0 Å². The molecule has 0 saturated carbocycles. The first kappa shape index (κ1) is 38.0. The molecule has 0 radical (unpaired) electrons. The van der Waals surface area contributed by atoms with Gasteiger partial charge in [0.1, 0.15) is 24.2 Å². The molecule has 274 valence electrons. The molecule has 8 N–H and O–H groups in total. The number of aromatic amines is 1. The fourth-order valence-corrected chi connectivity index (χ4v) is 6.03. The van der Waals surface area contributed by atoms with Gasteiger partial charge in [-0.1, -0.05) is 109 Å². The van der Waals surface area contributed by atoms with E-state index in [1.54, 1.807) is 54.7 Å². The molecule has 0 aliphatic heterocycles. The van der Waals surface area contributed by atoms with Crippen LogP contribution in [0.5, 0.6) is 0 Å². The summed E-state index contributed by atoms with van der Waals surface area (Å²) in [6, 6.07) is 29.1. The minimum atomic E-state index is -1.26. The van der Waals surface area contributed by atoms with Gasteiger partial charge >= 0.3 is 5.97 Å². The Bertz CT molecular complexity index is 2000. The molecular weight excluding hydrogens is 672 g/mol. The van der Waals surface area contributed by atoms with Crippen molar-refractivity contribution in [1.82, 2.24) is 26.3 Å². The van der Waals surface area contributed by atoms with Crippen LogP contribution in [0.4, 0.5) is 0 Å². The Labute approximate surface area is 307 Å². The van der Waals surface area contributed by atoms with E-state index in [9.17, 15) is 29.1 Å². The lowest BCUT2D eigenvalue weighted by atomic mass is 10.0. The van der Waals surface area contributed by atoms with Gasteiger partial charge in [0.2, 0.25) is 23.6 Å². The lowest BCUT2D eigenvalue weighted by molar-refractivity contribution is -0.142. The average molecular weight is 717 g/mol. The highest BCUT2D eigenvalue weighted by molar-refractivity contribution is 5.96. The number of carboxylic acid groups (broad SMARTS) is 1. The van der Waals surface area contributed by atoms with E-state index < -0.39 is 59.8 Å². The van der Waals surface area contributed by atoms with E-state index >= 15 is 0 Å². The molecule has 0 saturated heterocycles. The molecule has 0 aliphatic carbocycles. The van der Waals surface area contributed by atoms with E-state index in [4.69, 9.17) is 5.73 Å². The third kappa shape index (κ3) is 10.9. The topological polar surface area (TPSA) is 196 Å². The molecule has 4 amide bonds. The van der Waals surface area contributed by atoms with Crippen LogP contribution in [-0.2, 0) is 49.7 Å². The summed E-state index contributed by atoms with van der Waals surface area (Å²) in [7, 11) is 0. The Kier molecular flexibility index (Phi) is 13.1. The number of benzene rings is 4. The maximum atomic E-state index is 14.2. The van der Waals surface area contributed by atoms with E-state index in [1.165, 1.54) is 6.92 Å². The first-order chi connectivity index (χ1) is 25.6. The van der Waals surface area contributed by atoms with Crippen molar-refractivity contribution in [2.45, 2.75) is 62.8 Å². The predicted molar refractivity (Wildman–Crippen MR) is 201 cm³/mol. The van der Waals surface area contributed by atoms with Crippen LogP contribution in [0.25, 0.3) is 10.9 Å². The van der Waals surface area contributed by atoms with E-state index in [0.29, 0.717) is 5.56 Å². The summed E-state index contributed by atoms with van der Waals surface area (Å²) in [5.74, 6) is -3.76. The number of aliphatic carboxylic acids is 1. The molecule has 53 heavy (non-hydrogen) atoms. The second kappa shape index (κ2) is 18.3. The number of hydrogen-bond donors (Lipinski definition) is 7. The monoisotopic (exact) mass is 716 g/mol. The Balaban J connectivity index is 1.35. The fourth-order valence-electron chi connectivity index (χ4n) is 6.03. The number of hydrogen-bond acceptors (Lipinski definition) is 6. The van der Waals surface area contributed by atoms with Crippen LogP contribution < -0.4 is 27.0 Å². The number of aromatic nitrogens is 1. The fraction of sp³-hybridized carbons (Fsp3) is 0.244. The molecule has 1 aromatic heterocycles. The van der Waals surface area contributed by atoms with Crippen molar-refractivity contribution >= 4 is 40.5 Å². The number of carbonyl (C=O) groups is 5. The molecule has 5 atom stereocenters. The van der Waals surface area contributed by atoms with Gasteiger partial charge < -0.3 is 37.1 Å². The van der Waals surface area contributed by atoms with Crippen LogP contribution in [0.2, 0.25) is 0 Å². The maximum absolute atomic E-state index is 14.2. The predicted octanol–water partition coefficient (Wildman–Crippen LogP) is 2.81. The number of carboxylic acids is 1. The van der Waals surface area contributed by atoms with Crippen molar-refractivity contribution in [3.8, 4) is 0 Å². The summed E-state index contributed by atoms with van der Waals surface area (Å²) in [6.07, 6.45) is 2.15. The summed E-state index contributed by atoms with van der Waals surface area (Å²) in [5.41, 5.74) is 10.0. The second-order valence-electron chi connectivity index (χ2n) is 13.0. The SMILES string of the molecule is C[C@@H](NC(=O)[C@H](N)Cc1ccccc1)C(=O)N[C@H](Cc1c[nH]c2ccccc12)C(=O)N[C@H](Cc1ccccc1)C(=O)N[C@H](Cc1ccccc1)C(=O)O. The number of para-hydroxylation sites is 1. The quantitative estimate of drug-likeness (QED) is 0.0769. The molecule has 12 heteroatoms. The van der Waals surface area contributed by atoms with Crippen LogP contribution in [0.3, 0.4) is 0 Å². The van der Waals surface area contributed by atoms with E-state index in [-0.39, 0.29) is 25.7 Å². The van der Waals surface area contributed by atoms with Crippen LogP contribution >= 0.6 is 0 Å². The largest absolute Gasteiger partial charge is 0.480 e. The first-order valence-corrected chi connectivity index (χ1v) is 17.4. The zero-order valence-electron chi connectivity index (χ0n) is 29.3. The van der Waals surface area contributed by atoms with Crippen LogP contribution in [0.15, 0.2) is 121 Å². The van der Waals surface area contributed by atoms with Crippen LogP contribution in [0, 0.1) is 0 Å². The van der Waals surface area contributed by atoms with E-state index in [1.807, 2.05) is 66.7 Å². The standard InChI is InChI=1S/C41H44N6O6/c1-26(44-38(49)32(42)21-27-13-5-2-6-14-27)37(48)45-35(24-30-25-43-33-20-12-11-19-31(30)33)40(51)46-34(22-28-15-7-3-8-16-28)39(50)47-36(41(52)53)23-29-17-9-4-10-18-29/h2-20,25-26,32,34-36,43H,21-24,42H2,1H3,(H,44,49)(H,45,48)(H,46,51)(H,47,50)(H,52,53)/t26-,32-,34-,35-,36-/m1/s1. The molecule has 4 aromatic carbocycles. The Morgan fingerprint density at radius 1 is 0.566 bits per heavy atom. The number of nitrogens with one attached hydrogen (secondary N) is 5. The van der Waals surface area contributed by atoms with Crippen molar-refractivity contribution in [2.24, 2.45) is 5.73 Å². The highest BCUT2D eigenvalue weighted by Crippen LogP contribution is 2.19. The third-order valence-corrected chi connectivity index (χ3v) is 8.93. The zero-order chi connectivity index (χ0) is 37.7. The Hall–Kier alpha value is -6.27. The van der Waals surface area contributed by atoms with Crippen LogP contribution in [-0.4, -0.2) is 69.9 Å². The summed E-state index contributed by atoms with van der Waals surface area (Å²) in [5, 5.41) is 21.6. The van der Waals surface area contributed by atoms with Gasteiger partial charge in [0.05, 0.1) is 6.04 Å². The van der Waals surface area contributed by atoms with E-state index in [0.717, 1.165) is 27.6 Å². The summed E-state index contributed by atoms with van der Waals surface area (Å²) < 4.78 is 0. The number of H-pyrrole nitrogens is 1. The molecular formula is C41H44N6O6. The number of amides is 4. The second-order valence-corrected chi connectivity index (χ2v) is 13.0. The first-order valence-electron chi connectivity index (χ1n) is 17.4. The minimum absolute atomic E-state index is 0.0335. The van der Waals surface area contributed by atoms with Gasteiger partial charge in [-0.05, 0) is 41.7 Å². The van der Waals surface area contributed by atoms with Crippen molar-refractivity contribution in [1.29, 1.82) is 0 Å². The minimum Gasteiger partial charge on any atom is -0.480 e. The van der Waals surface area contributed by atoms with Gasteiger partial charge in [0, 0.05) is 36.4 Å². The third-order valence-electron chi connectivity index (χ3n) is 8.93. The zero-order valence-corrected chi connectivity index (χ0v) is 29.3. The van der Waals surface area contributed by atoms with Gasteiger partial charge in [-0.25, -0.2) is 4.79 Å². The van der Waals surface area contributed by atoms with Gasteiger partial charge in [0.25, 0.3) is 0 Å². The molecule has 0 unspecified atom stereocenters. The highest BCUT2D eigenvalue weighted by atomic mass is 16.4. The molecule has 5 aromatic rings. The normalized spacial score (nSPS) is 13.8. The molecule has 1 heterocycles. The Morgan fingerprint density at radius 3 is 1.58 bits per heavy atom. The lowest BCUT2D eigenvalue weighted by Crippen LogP contribution is -2.59. The number of rotatable bonds is 17. The highest BCUT2D eigenvalue weighted by Gasteiger charge is 2.32. The van der Waals surface area contributed by atoms with E-state index in [2.05, 4.69) is 26.3 Å². The molecule has 0 fully saturated rings. The van der Waals surface area contributed by atoms with Gasteiger partial charge in [0.15, 0.2) is 0 Å². The van der Waals surface area contributed by atoms with Crippen molar-refractivity contribution in [3.63, 3.8) is 0 Å². The van der Waals surface area contributed by atoms with Crippen molar-refractivity contribution < 1.29 is 29.1 Å². The Morgan fingerprint density at radius 2 is 1.02 bits per heavy atom. The number of nitrogens with two attached hydrogens (primary N) is 1. The summed E-state index contributed by atoms with van der Waals surface area (Å²) in [6.45, 7) is 1.49. The summed E-state index contributed by atoms with van der Waals surface area (Å²) in [4.78, 5) is 69.9. The maximum Gasteiger partial charge on any atom is 0.326 e. The summed E-state index contributed by atoms with van der Waals surface area (Å²) >= 11 is 0. The molecule has 5 rings (SSSR count). The van der Waals surface area contributed by atoms with Gasteiger partial charge in [-0.2, -0.15) is 0 Å². The number of carbonyl (C=O) groups excluding carboxylic acids is 4.